The topological polar surface area (TPSA) is 101 Å². The molecule has 1 aromatic rings. The van der Waals surface area contributed by atoms with Crippen LogP contribution in [-0.4, -0.2) is 24.6 Å². The van der Waals surface area contributed by atoms with Crippen LogP contribution in [0, 0.1) is 0 Å². The molecule has 0 amide bonds. The normalized spacial score (nSPS) is 11.1. The molecule has 0 bridgehead atoms. The smallest absolute Gasteiger partial charge is 0.347 e. The minimum Gasteiger partial charge on any atom is -0.463 e. The molecule has 0 aliphatic carbocycles. The summed E-state index contributed by atoms with van der Waals surface area (Å²) in [4.78, 5) is 25.6. The molecule has 0 saturated heterocycles. The second-order valence-corrected chi connectivity index (χ2v) is 3.54. The van der Waals surface area contributed by atoms with E-state index in [0.717, 1.165) is 0 Å². The molecule has 0 aliphatic heterocycles. The van der Waals surface area contributed by atoms with E-state index in [-0.39, 0.29) is 12.2 Å². The standard InChI is InChI=1S/C12H13N3O4/c1-3-18-11(16)8(2)19-12(17)9-4-6-10(7-5-9)14-15-13/h4-8H,3H2,1-2H3. The van der Waals surface area contributed by atoms with Crippen molar-refractivity contribution in [3.05, 3.63) is 40.3 Å². The Morgan fingerprint density at radius 2 is 2.00 bits per heavy atom. The number of nitrogens with zero attached hydrogens (tertiary/aromatic N) is 3. The van der Waals surface area contributed by atoms with Crippen LogP contribution < -0.4 is 0 Å². The Morgan fingerprint density at radius 3 is 2.53 bits per heavy atom. The highest BCUT2D eigenvalue weighted by Crippen LogP contribution is 2.14. The molecule has 0 fully saturated rings. The van der Waals surface area contributed by atoms with Gasteiger partial charge in [0, 0.05) is 10.6 Å². The third-order valence-electron chi connectivity index (χ3n) is 2.17. The van der Waals surface area contributed by atoms with Gasteiger partial charge < -0.3 is 9.47 Å². The van der Waals surface area contributed by atoms with Crippen LogP contribution in [0.4, 0.5) is 5.69 Å². The molecule has 0 aliphatic rings. The number of hydrogen-bond donors (Lipinski definition) is 0. The third kappa shape index (κ3) is 4.33. The van der Waals surface area contributed by atoms with Crippen molar-refractivity contribution in [2.45, 2.75) is 20.0 Å². The fraction of sp³-hybridized carbons (Fsp3) is 0.333. The summed E-state index contributed by atoms with van der Waals surface area (Å²) < 4.78 is 9.65. The van der Waals surface area contributed by atoms with Crippen LogP contribution in [0.1, 0.15) is 24.2 Å². The number of hydrogen-bond acceptors (Lipinski definition) is 5. The van der Waals surface area contributed by atoms with E-state index in [2.05, 4.69) is 10.0 Å². The van der Waals surface area contributed by atoms with Gasteiger partial charge in [-0.05, 0) is 31.5 Å². The van der Waals surface area contributed by atoms with Crippen molar-refractivity contribution in [1.29, 1.82) is 0 Å². The Hall–Kier alpha value is -2.53. The molecule has 100 valence electrons. The average molecular weight is 263 g/mol. The van der Waals surface area contributed by atoms with E-state index in [9.17, 15) is 9.59 Å². The quantitative estimate of drug-likeness (QED) is 0.352. The third-order valence-corrected chi connectivity index (χ3v) is 2.17. The van der Waals surface area contributed by atoms with Crippen molar-refractivity contribution in [1.82, 2.24) is 0 Å². The molecular formula is C12H13N3O4. The first-order valence-corrected chi connectivity index (χ1v) is 5.61. The fourth-order valence-electron chi connectivity index (χ4n) is 1.25. The maximum atomic E-state index is 11.7. The van der Waals surface area contributed by atoms with Gasteiger partial charge in [-0.1, -0.05) is 17.2 Å². The summed E-state index contributed by atoms with van der Waals surface area (Å²) in [6.07, 6.45) is -0.968. The van der Waals surface area contributed by atoms with Crippen LogP contribution in [0.5, 0.6) is 0 Å². The lowest BCUT2D eigenvalue weighted by atomic mass is 10.2. The lowest BCUT2D eigenvalue weighted by Gasteiger charge is -2.11. The summed E-state index contributed by atoms with van der Waals surface area (Å²) in [6, 6.07) is 5.85. The molecule has 0 saturated carbocycles. The molecule has 1 rings (SSSR count). The van der Waals surface area contributed by atoms with Gasteiger partial charge in [-0.25, -0.2) is 9.59 Å². The van der Waals surface area contributed by atoms with E-state index in [4.69, 9.17) is 15.0 Å². The van der Waals surface area contributed by atoms with Crippen molar-refractivity contribution in [3.8, 4) is 0 Å². The number of carbonyl (C=O) groups excluding carboxylic acids is 2. The van der Waals surface area contributed by atoms with Crippen LogP contribution in [0.2, 0.25) is 0 Å². The van der Waals surface area contributed by atoms with E-state index in [1.165, 1.54) is 31.2 Å². The Kier molecular flexibility index (Phi) is 5.37. The van der Waals surface area contributed by atoms with E-state index in [1.54, 1.807) is 6.92 Å². The first-order chi connectivity index (χ1) is 9.08. The molecule has 7 heteroatoms. The van der Waals surface area contributed by atoms with Crippen LogP contribution in [0.3, 0.4) is 0 Å². The van der Waals surface area contributed by atoms with Gasteiger partial charge in [-0.3, -0.25) is 0 Å². The minimum atomic E-state index is -0.968. The Bertz CT molecular complexity index is 506. The zero-order valence-electron chi connectivity index (χ0n) is 10.6. The zero-order chi connectivity index (χ0) is 14.3. The summed E-state index contributed by atoms with van der Waals surface area (Å²) in [5, 5.41) is 3.37. The van der Waals surface area contributed by atoms with E-state index in [1.807, 2.05) is 0 Å². The monoisotopic (exact) mass is 263 g/mol. The first-order valence-electron chi connectivity index (χ1n) is 5.61. The Labute approximate surface area is 109 Å². The molecular weight excluding hydrogens is 250 g/mol. The number of benzene rings is 1. The van der Waals surface area contributed by atoms with Gasteiger partial charge in [0.15, 0.2) is 6.10 Å². The van der Waals surface area contributed by atoms with Crippen molar-refractivity contribution >= 4 is 17.6 Å². The molecule has 0 heterocycles. The van der Waals surface area contributed by atoms with E-state index in [0.29, 0.717) is 5.69 Å². The maximum Gasteiger partial charge on any atom is 0.347 e. The average Bonchev–Trinajstić information content (AvgIpc) is 2.40. The summed E-state index contributed by atoms with van der Waals surface area (Å²) in [6.45, 7) is 3.33. The predicted octanol–water partition coefficient (Wildman–Crippen LogP) is 2.74. The molecule has 1 atom stereocenters. The number of rotatable bonds is 5. The van der Waals surface area contributed by atoms with E-state index < -0.39 is 18.0 Å². The van der Waals surface area contributed by atoms with Crippen LogP contribution in [-0.2, 0) is 14.3 Å². The zero-order valence-corrected chi connectivity index (χ0v) is 10.6. The van der Waals surface area contributed by atoms with Crippen molar-refractivity contribution in [2.24, 2.45) is 5.11 Å². The number of esters is 2. The first kappa shape index (κ1) is 14.5. The van der Waals surface area contributed by atoms with Gasteiger partial charge in [-0.15, -0.1) is 0 Å². The molecule has 0 aromatic heterocycles. The van der Waals surface area contributed by atoms with Crippen molar-refractivity contribution in [2.75, 3.05) is 6.61 Å². The lowest BCUT2D eigenvalue weighted by molar-refractivity contribution is -0.152. The molecule has 1 aromatic carbocycles. The Balaban J connectivity index is 2.67. The van der Waals surface area contributed by atoms with Gasteiger partial charge in [0.2, 0.25) is 0 Å². The highest BCUT2D eigenvalue weighted by molar-refractivity contribution is 5.91. The van der Waals surface area contributed by atoms with Crippen LogP contribution >= 0.6 is 0 Å². The van der Waals surface area contributed by atoms with Crippen molar-refractivity contribution in [3.63, 3.8) is 0 Å². The highest BCUT2D eigenvalue weighted by Gasteiger charge is 2.19. The Morgan fingerprint density at radius 1 is 1.37 bits per heavy atom. The molecule has 19 heavy (non-hydrogen) atoms. The predicted molar refractivity (Wildman–Crippen MR) is 66.8 cm³/mol. The summed E-state index contributed by atoms with van der Waals surface area (Å²) in [5.41, 5.74) is 8.89. The highest BCUT2D eigenvalue weighted by atomic mass is 16.6. The van der Waals surface area contributed by atoms with E-state index >= 15 is 0 Å². The van der Waals surface area contributed by atoms with Gasteiger partial charge >= 0.3 is 11.9 Å². The number of carbonyl (C=O) groups is 2. The second-order valence-electron chi connectivity index (χ2n) is 3.54. The minimum absolute atomic E-state index is 0.224. The van der Waals surface area contributed by atoms with Crippen molar-refractivity contribution < 1.29 is 19.1 Å². The largest absolute Gasteiger partial charge is 0.463 e. The van der Waals surface area contributed by atoms with Crippen LogP contribution in [0.25, 0.3) is 10.4 Å². The maximum absolute atomic E-state index is 11.7. The summed E-state index contributed by atoms with van der Waals surface area (Å²) in [7, 11) is 0. The fourth-order valence-corrected chi connectivity index (χ4v) is 1.25. The SMILES string of the molecule is CCOC(=O)C(C)OC(=O)c1ccc(N=[N+]=[N-])cc1. The van der Waals surface area contributed by atoms with Gasteiger partial charge in [0.1, 0.15) is 0 Å². The molecule has 7 nitrogen and oxygen atoms in total. The van der Waals surface area contributed by atoms with Crippen LogP contribution in [0.15, 0.2) is 29.4 Å². The lowest BCUT2D eigenvalue weighted by Crippen LogP contribution is -2.26. The number of azide groups is 1. The second kappa shape index (κ2) is 7.03. The molecule has 0 radical (unpaired) electrons. The molecule has 0 N–H and O–H groups in total. The van der Waals surface area contributed by atoms with Gasteiger partial charge in [-0.2, -0.15) is 0 Å². The summed E-state index contributed by atoms with van der Waals surface area (Å²) in [5.74, 6) is -1.24. The van der Waals surface area contributed by atoms with Gasteiger partial charge in [0.25, 0.3) is 0 Å². The molecule has 0 spiro atoms. The number of ether oxygens (including phenoxy) is 2. The van der Waals surface area contributed by atoms with Gasteiger partial charge in [0.05, 0.1) is 12.2 Å². The molecule has 1 unspecified atom stereocenters. The summed E-state index contributed by atoms with van der Waals surface area (Å²) >= 11 is 0.